The lowest BCUT2D eigenvalue weighted by molar-refractivity contribution is 0.332. The first-order valence-electron chi connectivity index (χ1n) is 7.49. The fourth-order valence-corrected chi connectivity index (χ4v) is 3.68. The third kappa shape index (κ3) is 4.98. The minimum Gasteiger partial charge on any atom is -0.362 e. The molecule has 1 unspecified atom stereocenters. The van der Waals surface area contributed by atoms with Gasteiger partial charge in [-0.1, -0.05) is 31.0 Å². The largest absolute Gasteiger partial charge is 0.362 e. The molecule has 2 rings (SSSR count). The van der Waals surface area contributed by atoms with Crippen molar-refractivity contribution in [2.24, 2.45) is 0 Å². The van der Waals surface area contributed by atoms with E-state index in [0.29, 0.717) is 6.04 Å². The summed E-state index contributed by atoms with van der Waals surface area (Å²) in [5, 5.41) is 4.36. The lowest BCUT2D eigenvalue weighted by Crippen LogP contribution is -2.45. The second-order valence-electron chi connectivity index (χ2n) is 5.29. The maximum absolute atomic E-state index is 5.55. The highest BCUT2D eigenvalue weighted by Crippen LogP contribution is 2.17. The van der Waals surface area contributed by atoms with E-state index in [0.717, 1.165) is 24.0 Å². The zero-order chi connectivity index (χ0) is 14.2. The molecule has 1 heterocycles. The number of thioether (sulfide) groups is 1. The molecule has 0 spiro atoms. The zero-order valence-electron chi connectivity index (χ0n) is 12.2. The van der Waals surface area contributed by atoms with Crippen molar-refractivity contribution in [2.45, 2.75) is 43.5 Å². The minimum absolute atomic E-state index is 0.583. The number of nitrogens with one attached hydrogen (secondary N) is 1. The van der Waals surface area contributed by atoms with E-state index in [-0.39, 0.29) is 0 Å². The number of benzene rings is 1. The zero-order valence-corrected chi connectivity index (χ0v) is 13.8. The highest BCUT2D eigenvalue weighted by molar-refractivity contribution is 7.99. The summed E-state index contributed by atoms with van der Waals surface area (Å²) in [6.07, 6.45) is 5.21. The summed E-state index contributed by atoms with van der Waals surface area (Å²) in [5.41, 5.74) is 0. The van der Waals surface area contributed by atoms with Crippen molar-refractivity contribution >= 4 is 29.1 Å². The van der Waals surface area contributed by atoms with Gasteiger partial charge in [-0.25, -0.2) is 0 Å². The van der Waals surface area contributed by atoms with Gasteiger partial charge in [-0.3, -0.25) is 0 Å². The molecule has 0 aliphatic carbocycles. The Labute approximate surface area is 132 Å². The van der Waals surface area contributed by atoms with Gasteiger partial charge in [0.2, 0.25) is 0 Å². The van der Waals surface area contributed by atoms with E-state index in [1.807, 2.05) is 11.8 Å². The first-order chi connectivity index (χ1) is 9.77. The third-order valence-corrected chi connectivity index (χ3v) is 5.10. The van der Waals surface area contributed by atoms with Crippen LogP contribution in [0, 0.1) is 0 Å². The standard InChI is InChI=1S/C16H24N2S2/c1-14-8-4-3-7-12-18(14)16(19)17-11-13-20-15-9-5-2-6-10-15/h2,5-6,9-10,14H,3-4,7-8,11-13H2,1H3,(H,17,19). The molecule has 1 N–H and O–H groups in total. The molecular weight excluding hydrogens is 284 g/mol. The molecule has 2 nitrogen and oxygen atoms in total. The van der Waals surface area contributed by atoms with Crippen molar-refractivity contribution in [1.29, 1.82) is 0 Å². The molecule has 1 aliphatic rings. The van der Waals surface area contributed by atoms with E-state index in [4.69, 9.17) is 12.2 Å². The van der Waals surface area contributed by atoms with Crippen molar-refractivity contribution in [1.82, 2.24) is 10.2 Å². The second-order valence-corrected chi connectivity index (χ2v) is 6.84. The molecule has 0 amide bonds. The van der Waals surface area contributed by atoms with Crippen molar-refractivity contribution in [3.05, 3.63) is 30.3 Å². The molecule has 110 valence electrons. The Morgan fingerprint density at radius 1 is 1.30 bits per heavy atom. The molecule has 0 saturated carbocycles. The van der Waals surface area contributed by atoms with E-state index >= 15 is 0 Å². The van der Waals surface area contributed by atoms with Gasteiger partial charge in [0.15, 0.2) is 5.11 Å². The fourth-order valence-electron chi connectivity index (χ4n) is 2.52. The van der Waals surface area contributed by atoms with Crippen LogP contribution in [-0.4, -0.2) is 34.9 Å². The molecule has 1 aliphatic heterocycles. The first-order valence-corrected chi connectivity index (χ1v) is 8.89. The normalized spacial score (nSPS) is 19.4. The van der Waals surface area contributed by atoms with Gasteiger partial charge in [-0.05, 0) is 44.1 Å². The summed E-state index contributed by atoms with van der Waals surface area (Å²) in [7, 11) is 0. The summed E-state index contributed by atoms with van der Waals surface area (Å²) in [4.78, 5) is 3.69. The van der Waals surface area contributed by atoms with Crippen LogP contribution in [-0.2, 0) is 0 Å². The maximum Gasteiger partial charge on any atom is 0.169 e. The van der Waals surface area contributed by atoms with E-state index in [1.165, 1.54) is 30.6 Å². The van der Waals surface area contributed by atoms with Crippen LogP contribution in [0.4, 0.5) is 0 Å². The average molecular weight is 309 g/mol. The minimum atomic E-state index is 0.583. The topological polar surface area (TPSA) is 15.3 Å². The highest BCUT2D eigenvalue weighted by Gasteiger charge is 2.18. The summed E-state index contributed by atoms with van der Waals surface area (Å²) in [6.45, 7) is 4.33. The lowest BCUT2D eigenvalue weighted by Gasteiger charge is -2.30. The number of likely N-dealkylation sites (tertiary alicyclic amines) is 1. The molecule has 0 radical (unpaired) electrons. The quantitative estimate of drug-likeness (QED) is 0.515. The summed E-state index contributed by atoms with van der Waals surface area (Å²) >= 11 is 7.42. The molecule has 1 aromatic carbocycles. The van der Waals surface area contributed by atoms with Gasteiger partial charge in [-0.15, -0.1) is 11.8 Å². The monoisotopic (exact) mass is 308 g/mol. The number of nitrogens with zero attached hydrogens (tertiary/aromatic N) is 1. The highest BCUT2D eigenvalue weighted by atomic mass is 32.2. The Morgan fingerprint density at radius 3 is 2.90 bits per heavy atom. The predicted octanol–water partition coefficient (Wildman–Crippen LogP) is 3.92. The van der Waals surface area contributed by atoms with Crippen molar-refractivity contribution in [3.8, 4) is 0 Å². The molecule has 0 bridgehead atoms. The van der Waals surface area contributed by atoms with Crippen molar-refractivity contribution in [2.75, 3.05) is 18.8 Å². The predicted molar refractivity (Wildman–Crippen MR) is 92.4 cm³/mol. The van der Waals surface area contributed by atoms with E-state index < -0.39 is 0 Å². The van der Waals surface area contributed by atoms with E-state index in [9.17, 15) is 0 Å². The molecule has 0 aromatic heterocycles. The van der Waals surface area contributed by atoms with Crippen LogP contribution in [0.2, 0.25) is 0 Å². The molecular formula is C16H24N2S2. The first kappa shape index (κ1) is 15.6. The lowest BCUT2D eigenvalue weighted by atomic mass is 10.1. The van der Waals surface area contributed by atoms with Crippen LogP contribution in [0.1, 0.15) is 32.6 Å². The van der Waals surface area contributed by atoms with Gasteiger partial charge in [0.1, 0.15) is 0 Å². The van der Waals surface area contributed by atoms with Crippen LogP contribution in [0.5, 0.6) is 0 Å². The maximum atomic E-state index is 5.55. The third-order valence-electron chi connectivity index (χ3n) is 3.70. The number of hydrogen-bond acceptors (Lipinski definition) is 2. The van der Waals surface area contributed by atoms with Crippen LogP contribution in [0.3, 0.4) is 0 Å². The van der Waals surface area contributed by atoms with E-state index in [1.54, 1.807) is 0 Å². The summed E-state index contributed by atoms with van der Waals surface area (Å²) < 4.78 is 0. The number of hydrogen-bond donors (Lipinski definition) is 1. The summed E-state index contributed by atoms with van der Waals surface area (Å²) in [5.74, 6) is 1.05. The van der Waals surface area contributed by atoms with Gasteiger partial charge >= 0.3 is 0 Å². The van der Waals surface area contributed by atoms with Crippen molar-refractivity contribution < 1.29 is 0 Å². The van der Waals surface area contributed by atoms with Crippen LogP contribution < -0.4 is 5.32 Å². The number of thiocarbonyl (C=S) groups is 1. The fraction of sp³-hybridized carbons (Fsp3) is 0.562. The molecule has 1 atom stereocenters. The second kappa shape index (κ2) is 8.53. The van der Waals surface area contributed by atoms with Crippen LogP contribution >= 0.6 is 24.0 Å². The van der Waals surface area contributed by atoms with Gasteiger partial charge in [0.25, 0.3) is 0 Å². The van der Waals surface area contributed by atoms with Crippen LogP contribution in [0.15, 0.2) is 35.2 Å². The van der Waals surface area contributed by atoms with Crippen LogP contribution in [0.25, 0.3) is 0 Å². The Balaban J connectivity index is 1.69. The van der Waals surface area contributed by atoms with Crippen molar-refractivity contribution in [3.63, 3.8) is 0 Å². The Kier molecular flexibility index (Phi) is 6.67. The number of rotatable bonds is 4. The molecule has 4 heteroatoms. The average Bonchev–Trinajstić information content (AvgIpc) is 2.69. The van der Waals surface area contributed by atoms with Gasteiger partial charge in [-0.2, -0.15) is 0 Å². The molecule has 1 aromatic rings. The molecule has 20 heavy (non-hydrogen) atoms. The Bertz CT molecular complexity index is 408. The molecule has 1 saturated heterocycles. The Hall–Kier alpha value is -0.740. The molecule has 1 fully saturated rings. The van der Waals surface area contributed by atoms with E-state index in [2.05, 4.69) is 47.5 Å². The SMILES string of the molecule is CC1CCCCCN1C(=S)NCCSc1ccccc1. The van der Waals surface area contributed by atoms with Gasteiger partial charge in [0.05, 0.1) is 0 Å². The summed E-state index contributed by atoms with van der Waals surface area (Å²) in [6, 6.07) is 11.1. The van der Waals surface area contributed by atoms with Gasteiger partial charge in [0, 0.05) is 29.8 Å². The van der Waals surface area contributed by atoms with Gasteiger partial charge < -0.3 is 10.2 Å². The smallest absolute Gasteiger partial charge is 0.169 e. The Morgan fingerprint density at radius 2 is 2.10 bits per heavy atom.